The third kappa shape index (κ3) is 4.23. The van der Waals surface area contributed by atoms with Crippen molar-refractivity contribution in [2.75, 3.05) is 13.7 Å². The predicted molar refractivity (Wildman–Crippen MR) is 119 cm³/mol. The van der Waals surface area contributed by atoms with Crippen LogP contribution in [0.2, 0.25) is 5.02 Å². The molecule has 5 rings (SSSR count). The maximum Gasteiger partial charge on any atom is 0.311 e. The molecule has 0 heterocycles. The maximum atomic E-state index is 13.2. The van der Waals surface area contributed by atoms with Crippen LogP contribution in [-0.2, 0) is 14.3 Å². The summed E-state index contributed by atoms with van der Waals surface area (Å²) >= 11 is 7.52. The zero-order valence-electron chi connectivity index (χ0n) is 17.9. The molecule has 0 saturated heterocycles. The van der Waals surface area contributed by atoms with Crippen molar-refractivity contribution in [3.63, 3.8) is 0 Å². The first-order chi connectivity index (χ1) is 14.2. The number of methoxy groups -OCH3 is 1. The molecule has 4 bridgehead atoms. The number of nitrogens with one attached hydrogen (secondary N) is 2. The van der Waals surface area contributed by atoms with Crippen LogP contribution < -0.4 is 10.0 Å². The molecule has 5 nitrogen and oxygen atoms in total. The van der Waals surface area contributed by atoms with Crippen LogP contribution in [0.15, 0.2) is 29.2 Å². The predicted octanol–water partition coefficient (Wildman–Crippen LogP) is 4.45. The molecule has 4 aliphatic rings. The Morgan fingerprint density at radius 3 is 2.57 bits per heavy atom. The topological polar surface area (TPSA) is 67.4 Å². The molecule has 4 fully saturated rings. The highest BCUT2D eigenvalue weighted by Crippen LogP contribution is 2.60. The van der Waals surface area contributed by atoms with Crippen molar-refractivity contribution in [1.82, 2.24) is 10.0 Å². The van der Waals surface area contributed by atoms with E-state index in [1.54, 1.807) is 0 Å². The van der Waals surface area contributed by atoms with E-state index >= 15 is 0 Å². The van der Waals surface area contributed by atoms with Crippen molar-refractivity contribution in [3.8, 4) is 0 Å². The smallest absolute Gasteiger partial charge is 0.311 e. The van der Waals surface area contributed by atoms with Gasteiger partial charge in [0.25, 0.3) is 0 Å². The average Bonchev–Trinajstić information content (AvgIpc) is 2.69. The molecule has 164 valence electrons. The van der Waals surface area contributed by atoms with Gasteiger partial charge >= 0.3 is 5.97 Å². The Bertz CT molecular complexity index is 814. The Kier molecular flexibility index (Phi) is 6.12. The number of ether oxygens (including phenoxy) is 1. The van der Waals surface area contributed by atoms with Crippen LogP contribution in [0.25, 0.3) is 0 Å². The number of halogens is 1. The molecule has 4 aliphatic carbocycles. The van der Waals surface area contributed by atoms with Gasteiger partial charge in [-0.15, -0.1) is 0 Å². The molecule has 7 heteroatoms. The van der Waals surface area contributed by atoms with Gasteiger partial charge < -0.3 is 10.1 Å². The van der Waals surface area contributed by atoms with Crippen LogP contribution in [0.1, 0.15) is 46.0 Å². The van der Waals surface area contributed by atoms with E-state index in [1.165, 1.54) is 19.1 Å². The van der Waals surface area contributed by atoms with Crippen molar-refractivity contribution < 1.29 is 14.3 Å². The molecule has 30 heavy (non-hydrogen) atoms. The van der Waals surface area contributed by atoms with E-state index in [2.05, 4.69) is 10.0 Å². The molecule has 4 saturated carbocycles. The molecule has 1 aromatic carbocycles. The van der Waals surface area contributed by atoms with E-state index in [1.807, 2.05) is 38.1 Å². The Morgan fingerprint density at radius 2 is 1.93 bits per heavy atom. The lowest BCUT2D eigenvalue weighted by Crippen LogP contribution is -2.62. The third-order valence-electron chi connectivity index (χ3n) is 7.30. The van der Waals surface area contributed by atoms with Crippen LogP contribution in [0, 0.1) is 28.6 Å². The van der Waals surface area contributed by atoms with Gasteiger partial charge in [0, 0.05) is 22.5 Å². The second-order valence-corrected chi connectivity index (χ2v) is 11.4. The highest BCUT2D eigenvalue weighted by Gasteiger charge is 2.59. The standard InChI is InChI=1S/C23H31ClN2O3S/c1-22(2,13-25-30-18-6-4-5-17(24)9-18)20(27)26-19-15-7-14-8-16(19)12-23(10-14,11-15)21(28)29-3/h4-6,9,14-16,19,25H,7-8,10-13H2,1-3H3,(H,26,27). The zero-order valence-corrected chi connectivity index (χ0v) is 19.4. The molecule has 0 aromatic heterocycles. The summed E-state index contributed by atoms with van der Waals surface area (Å²) in [6.45, 7) is 4.49. The fourth-order valence-corrected chi connectivity index (χ4v) is 7.17. The fraction of sp³-hybridized carbons (Fsp3) is 0.652. The van der Waals surface area contributed by atoms with Crippen LogP contribution in [0.3, 0.4) is 0 Å². The third-order valence-corrected chi connectivity index (χ3v) is 8.32. The summed E-state index contributed by atoms with van der Waals surface area (Å²) in [6.07, 6.45) is 4.89. The van der Waals surface area contributed by atoms with Crippen molar-refractivity contribution in [2.45, 2.75) is 56.9 Å². The monoisotopic (exact) mass is 450 g/mol. The van der Waals surface area contributed by atoms with Crippen LogP contribution in [-0.4, -0.2) is 31.6 Å². The summed E-state index contributed by atoms with van der Waals surface area (Å²) < 4.78 is 8.47. The van der Waals surface area contributed by atoms with Crippen LogP contribution in [0.5, 0.6) is 0 Å². The van der Waals surface area contributed by atoms with E-state index in [-0.39, 0.29) is 23.3 Å². The van der Waals surface area contributed by atoms with Crippen molar-refractivity contribution in [1.29, 1.82) is 0 Å². The van der Waals surface area contributed by atoms with Gasteiger partial charge in [0.2, 0.25) is 5.91 Å². The van der Waals surface area contributed by atoms with Gasteiger partial charge in [-0.05, 0) is 93.9 Å². The summed E-state index contributed by atoms with van der Waals surface area (Å²) in [4.78, 5) is 26.7. The van der Waals surface area contributed by atoms with Crippen molar-refractivity contribution in [3.05, 3.63) is 29.3 Å². The molecule has 2 unspecified atom stereocenters. The zero-order chi connectivity index (χ0) is 21.5. The van der Waals surface area contributed by atoms with E-state index in [4.69, 9.17) is 16.3 Å². The van der Waals surface area contributed by atoms with E-state index < -0.39 is 5.41 Å². The molecule has 2 N–H and O–H groups in total. The number of hydrogen-bond acceptors (Lipinski definition) is 5. The number of benzene rings is 1. The van der Waals surface area contributed by atoms with Gasteiger partial charge in [-0.1, -0.05) is 17.7 Å². The Labute approximate surface area is 188 Å². The quantitative estimate of drug-likeness (QED) is 0.474. The minimum absolute atomic E-state index is 0.0470. The highest BCUT2D eigenvalue weighted by molar-refractivity contribution is 7.97. The van der Waals surface area contributed by atoms with E-state index in [9.17, 15) is 9.59 Å². The molecule has 0 aliphatic heterocycles. The number of amides is 1. The Morgan fingerprint density at radius 1 is 1.23 bits per heavy atom. The molecule has 0 radical (unpaired) electrons. The lowest BCUT2D eigenvalue weighted by molar-refractivity contribution is -0.171. The lowest BCUT2D eigenvalue weighted by Gasteiger charge is -2.58. The first-order valence-corrected chi connectivity index (χ1v) is 12.0. The maximum absolute atomic E-state index is 13.2. The molecular formula is C23H31ClN2O3S. The Balaban J connectivity index is 1.35. The largest absolute Gasteiger partial charge is 0.469 e. The number of carbonyl (C=O) groups excluding carboxylic acids is 2. The van der Waals surface area contributed by atoms with Gasteiger partial charge in [0.1, 0.15) is 0 Å². The van der Waals surface area contributed by atoms with Gasteiger partial charge in [0.15, 0.2) is 0 Å². The molecular weight excluding hydrogens is 420 g/mol. The SMILES string of the molecule is COC(=O)C12CC3CC(C1)C(NC(=O)C(C)(C)CNSc1cccc(Cl)c1)C(C3)C2. The summed E-state index contributed by atoms with van der Waals surface area (Å²) in [7, 11) is 1.50. The summed E-state index contributed by atoms with van der Waals surface area (Å²) in [5, 5.41) is 4.07. The second kappa shape index (κ2) is 8.36. The number of carbonyl (C=O) groups is 2. The van der Waals surface area contributed by atoms with Gasteiger partial charge in [-0.25, -0.2) is 0 Å². The second-order valence-electron chi connectivity index (χ2n) is 10.0. The average molecular weight is 451 g/mol. The number of esters is 1. The summed E-state index contributed by atoms with van der Waals surface area (Å²) in [5.74, 6) is 1.38. The highest BCUT2D eigenvalue weighted by atomic mass is 35.5. The number of rotatable bonds is 7. The van der Waals surface area contributed by atoms with E-state index in [0.29, 0.717) is 29.3 Å². The number of hydrogen-bond donors (Lipinski definition) is 2. The van der Waals surface area contributed by atoms with E-state index in [0.717, 1.165) is 37.0 Å². The summed E-state index contributed by atoms with van der Waals surface area (Å²) in [6, 6.07) is 7.82. The normalized spacial score (nSPS) is 32.1. The molecule has 1 aromatic rings. The molecule has 1 amide bonds. The first kappa shape index (κ1) is 22.0. The first-order valence-electron chi connectivity index (χ1n) is 10.8. The summed E-state index contributed by atoms with van der Waals surface area (Å²) in [5.41, 5.74) is -0.850. The van der Waals surface area contributed by atoms with Gasteiger partial charge in [0.05, 0.1) is 17.9 Å². The molecule has 0 spiro atoms. The minimum Gasteiger partial charge on any atom is -0.469 e. The van der Waals surface area contributed by atoms with Crippen molar-refractivity contribution in [2.24, 2.45) is 28.6 Å². The van der Waals surface area contributed by atoms with Crippen LogP contribution >= 0.6 is 23.5 Å². The van der Waals surface area contributed by atoms with Crippen molar-refractivity contribution >= 4 is 35.4 Å². The lowest BCUT2D eigenvalue weighted by atomic mass is 9.48. The molecule has 2 atom stereocenters. The van der Waals surface area contributed by atoms with Gasteiger partial charge in [-0.2, -0.15) is 0 Å². The van der Waals surface area contributed by atoms with Crippen LogP contribution in [0.4, 0.5) is 0 Å². The Hall–Kier alpha value is -1.24. The minimum atomic E-state index is -0.541. The van der Waals surface area contributed by atoms with Gasteiger partial charge in [-0.3, -0.25) is 14.3 Å². The fourth-order valence-electron chi connectivity index (χ4n) is 5.98.